The van der Waals surface area contributed by atoms with Gasteiger partial charge in [0.2, 0.25) is 11.5 Å². The van der Waals surface area contributed by atoms with Gasteiger partial charge in [0.05, 0.1) is 12.1 Å². The molecule has 3 aromatic rings. The number of H-pyrrole nitrogens is 1. The SMILES string of the molecule is O=C(C1CC1)N(Cc1cc(=O)[nH]c2c(F)c(F)ccc12)c1cccc(Cl)c1. The zero-order chi connectivity index (χ0) is 19.1. The molecule has 1 heterocycles. The summed E-state index contributed by atoms with van der Waals surface area (Å²) in [4.78, 5) is 28.7. The summed E-state index contributed by atoms with van der Waals surface area (Å²) >= 11 is 6.07. The maximum absolute atomic E-state index is 14.1. The fraction of sp³-hybridized carbons (Fsp3) is 0.200. The number of carbonyl (C=O) groups excluding carboxylic acids is 1. The lowest BCUT2D eigenvalue weighted by atomic mass is 10.1. The van der Waals surface area contributed by atoms with Crippen molar-refractivity contribution < 1.29 is 13.6 Å². The summed E-state index contributed by atoms with van der Waals surface area (Å²) in [6.45, 7) is 0.0567. The number of halogens is 3. The summed E-state index contributed by atoms with van der Waals surface area (Å²) in [7, 11) is 0. The van der Waals surface area contributed by atoms with Crippen LogP contribution < -0.4 is 10.5 Å². The lowest BCUT2D eigenvalue weighted by molar-refractivity contribution is -0.119. The van der Waals surface area contributed by atoms with Crippen LogP contribution in [0.25, 0.3) is 10.9 Å². The Morgan fingerprint density at radius 2 is 1.96 bits per heavy atom. The lowest BCUT2D eigenvalue weighted by Crippen LogP contribution is -2.32. The Hall–Kier alpha value is -2.73. The first-order chi connectivity index (χ1) is 12.9. The molecule has 1 fully saturated rings. The van der Waals surface area contributed by atoms with E-state index < -0.39 is 17.2 Å². The first kappa shape index (κ1) is 17.7. The van der Waals surface area contributed by atoms with Crippen molar-refractivity contribution in [1.29, 1.82) is 0 Å². The summed E-state index contributed by atoms with van der Waals surface area (Å²) in [6.07, 6.45) is 1.62. The summed E-state index contributed by atoms with van der Waals surface area (Å²) in [5.74, 6) is -2.30. The Labute approximate surface area is 158 Å². The Balaban J connectivity index is 1.83. The van der Waals surface area contributed by atoms with Gasteiger partial charge in [-0.25, -0.2) is 8.78 Å². The fourth-order valence-corrected chi connectivity index (χ4v) is 3.31. The Bertz CT molecular complexity index is 1110. The van der Waals surface area contributed by atoms with E-state index in [0.29, 0.717) is 21.7 Å². The van der Waals surface area contributed by atoms with Crippen LogP contribution in [0.4, 0.5) is 14.5 Å². The second-order valence-electron chi connectivity index (χ2n) is 6.62. The minimum absolute atomic E-state index is 0.0567. The number of anilines is 1. The molecule has 1 amide bonds. The highest BCUT2D eigenvalue weighted by Gasteiger charge is 2.34. The van der Waals surface area contributed by atoms with E-state index in [1.807, 2.05) is 0 Å². The van der Waals surface area contributed by atoms with E-state index in [4.69, 9.17) is 11.6 Å². The molecule has 0 spiro atoms. The Kier molecular flexibility index (Phi) is 4.44. The van der Waals surface area contributed by atoms with Crippen molar-refractivity contribution in [1.82, 2.24) is 4.98 Å². The minimum Gasteiger partial charge on any atom is -0.319 e. The molecule has 1 aliphatic rings. The number of pyridine rings is 1. The highest BCUT2D eigenvalue weighted by atomic mass is 35.5. The van der Waals surface area contributed by atoms with Gasteiger partial charge in [0.15, 0.2) is 11.6 Å². The van der Waals surface area contributed by atoms with Gasteiger partial charge < -0.3 is 9.88 Å². The molecule has 4 nitrogen and oxygen atoms in total. The predicted octanol–water partition coefficient (Wildman–Crippen LogP) is 4.40. The standard InChI is InChI=1S/C20H15ClF2N2O2/c21-13-2-1-3-14(9-13)25(20(27)11-4-5-11)10-12-8-17(26)24-19-15(12)6-7-16(22)18(19)23/h1-3,6-9,11H,4-5,10H2,(H,24,26). The topological polar surface area (TPSA) is 53.2 Å². The average molecular weight is 389 g/mol. The number of hydrogen-bond acceptors (Lipinski definition) is 2. The Morgan fingerprint density at radius 1 is 1.19 bits per heavy atom. The van der Waals surface area contributed by atoms with Crippen LogP contribution in [0.5, 0.6) is 0 Å². The third-order valence-electron chi connectivity index (χ3n) is 4.64. The quantitative estimate of drug-likeness (QED) is 0.720. The van der Waals surface area contributed by atoms with Gasteiger partial charge in [-0.3, -0.25) is 9.59 Å². The van der Waals surface area contributed by atoms with Crippen molar-refractivity contribution in [2.45, 2.75) is 19.4 Å². The van der Waals surface area contributed by atoms with Crippen molar-refractivity contribution in [2.75, 3.05) is 4.90 Å². The Morgan fingerprint density at radius 3 is 2.67 bits per heavy atom. The molecule has 7 heteroatoms. The summed E-state index contributed by atoms with van der Waals surface area (Å²) in [5.41, 5.74) is 0.256. The number of fused-ring (bicyclic) bond motifs is 1. The van der Waals surface area contributed by atoms with E-state index in [1.165, 1.54) is 12.1 Å². The van der Waals surface area contributed by atoms with E-state index >= 15 is 0 Å². The van der Waals surface area contributed by atoms with Gasteiger partial charge >= 0.3 is 0 Å². The molecular formula is C20H15ClF2N2O2. The van der Waals surface area contributed by atoms with Crippen molar-refractivity contribution in [2.24, 2.45) is 5.92 Å². The van der Waals surface area contributed by atoms with Crippen LogP contribution in [-0.2, 0) is 11.3 Å². The van der Waals surface area contributed by atoms with Gasteiger partial charge in [-0.15, -0.1) is 0 Å². The molecule has 4 rings (SSSR count). The number of carbonyl (C=O) groups is 1. The van der Waals surface area contributed by atoms with Crippen LogP contribution in [0.3, 0.4) is 0 Å². The first-order valence-corrected chi connectivity index (χ1v) is 8.88. The number of nitrogens with zero attached hydrogens (tertiary/aromatic N) is 1. The summed E-state index contributed by atoms with van der Waals surface area (Å²) in [5, 5.41) is 0.828. The van der Waals surface area contributed by atoms with Crippen LogP contribution in [0.1, 0.15) is 18.4 Å². The second-order valence-corrected chi connectivity index (χ2v) is 7.06. The maximum Gasteiger partial charge on any atom is 0.248 e. The number of aromatic amines is 1. The molecular weight excluding hydrogens is 374 g/mol. The largest absolute Gasteiger partial charge is 0.319 e. The van der Waals surface area contributed by atoms with E-state index in [-0.39, 0.29) is 23.9 Å². The molecule has 1 N–H and O–H groups in total. The molecule has 1 aliphatic carbocycles. The van der Waals surface area contributed by atoms with Crippen LogP contribution >= 0.6 is 11.6 Å². The maximum atomic E-state index is 14.1. The van der Waals surface area contributed by atoms with Gasteiger partial charge in [0.25, 0.3) is 0 Å². The van der Waals surface area contributed by atoms with Crippen LogP contribution in [0.15, 0.2) is 47.3 Å². The van der Waals surface area contributed by atoms with E-state index in [0.717, 1.165) is 18.9 Å². The number of aromatic nitrogens is 1. The zero-order valence-corrected chi connectivity index (χ0v) is 14.9. The summed E-state index contributed by atoms with van der Waals surface area (Å²) in [6, 6.07) is 10.6. The highest BCUT2D eigenvalue weighted by molar-refractivity contribution is 6.30. The van der Waals surface area contributed by atoms with E-state index in [9.17, 15) is 18.4 Å². The van der Waals surface area contributed by atoms with Crippen molar-refractivity contribution >= 4 is 34.1 Å². The van der Waals surface area contributed by atoms with E-state index in [1.54, 1.807) is 29.2 Å². The smallest absolute Gasteiger partial charge is 0.248 e. The van der Waals surface area contributed by atoms with Gasteiger partial charge in [-0.1, -0.05) is 17.7 Å². The molecule has 27 heavy (non-hydrogen) atoms. The zero-order valence-electron chi connectivity index (χ0n) is 14.1. The predicted molar refractivity (Wildman–Crippen MR) is 99.9 cm³/mol. The number of amides is 1. The number of rotatable bonds is 4. The van der Waals surface area contributed by atoms with Gasteiger partial charge in [-0.05, 0) is 48.7 Å². The monoisotopic (exact) mass is 388 g/mol. The van der Waals surface area contributed by atoms with Gasteiger partial charge in [0.1, 0.15) is 0 Å². The molecule has 0 radical (unpaired) electrons. The number of nitrogens with one attached hydrogen (secondary N) is 1. The minimum atomic E-state index is -1.12. The van der Waals surface area contributed by atoms with Crippen molar-refractivity contribution in [3.05, 3.63) is 75.0 Å². The molecule has 0 aliphatic heterocycles. The average Bonchev–Trinajstić information content (AvgIpc) is 3.47. The highest BCUT2D eigenvalue weighted by Crippen LogP contribution is 2.34. The molecule has 0 atom stereocenters. The second kappa shape index (κ2) is 6.78. The van der Waals surface area contributed by atoms with Crippen LogP contribution in [0.2, 0.25) is 5.02 Å². The molecule has 0 saturated heterocycles. The normalized spacial score (nSPS) is 13.7. The van der Waals surface area contributed by atoms with Gasteiger partial charge in [0, 0.05) is 28.1 Å². The number of benzene rings is 2. The lowest BCUT2D eigenvalue weighted by Gasteiger charge is -2.24. The molecule has 2 aromatic carbocycles. The number of hydrogen-bond donors (Lipinski definition) is 1. The van der Waals surface area contributed by atoms with E-state index in [2.05, 4.69) is 4.98 Å². The summed E-state index contributed by atoms with van der Waals surface area (Å²) < 4.78 is 27.7. The fourth-order valence-electron chi connectivity index (χ4n) is 3.13. The first-order valence-electron chi connectivity index (χ1n) is 8.51. The van der Waals surface area contributed by atoms with Crippen LogP contribution in [0, 0.1) is 17.6 Å². The third-order valence-corrected chi connectivity index (χ3v) is 4.87. The van der Waals surface area contributed by atoms with Crippen LogP contribution in [-0.4, -0.2) is 10.9 Å². The molecule has 1 saturated carbocycles. The molecule has 0 bridgehead atoms. The molecule has 138 valence electrons. The van der Waals surface area contributed by atoms with Gasteiger partial charge in [-0.2, -0.15) is 0 Å². The third kappa shape index (κ3) is 3.45. The van der Waals surface area contributed by atoms with Crippen molar-refractivity contribution in [3.63, 3.8) is 0 Å². The van der Waals surface area contributed by atoms with Crippen molar-refractivity contribution in [3.8, 4) is 0 Å². The molecule has 0 unspecified atom stereocenters. The molecule has 1 aromatic heterocycles.